The molecule has 2 aliphatic rings. The van der Waals surface area contributed by atoms with Crippen LogP contribution in [0.25, 0.3) is 0 Å². The number of hydrogen-bond donors (Lipinski definition) is 4. The van der Waals surface area contributed by atoms with E-state index in [1.807, 2.05) is 0 Å². The number of nitrogens with two attached hydrogens (primary N) is 2. The van der Waals surface area contributed by atoms with Crippen LogP contribution in [-0.2, 0) is 0 Å². The number of hydrogen-bond acceptors (Lipinski definition) is 4. The molecule has 3 atom stereocenters. The Kier molecular flexibility index (Phi) is 3.07. The van der Waals surface area contributed by atoms with E-state index in [1.54, 1.807) is 11.8 Å². The molecule has 92 valence electrons. The molecule has 0 bridgehead atoms. The third-order valence-electron chi connectivity index (χ3n) is 3.49. The first-order valence-electron chi connectivity index (χ1n) is 5.81. The van der Waals surface area contributed by atoms with Gasteiger partial charge in [-0.1, -0.05) is 26.2 Å². The molecule has 2 saturated heterocycles. The minimum atomic E-state index is -0.789. The van der Waals surface area contributed by atoms with Crippen LogP contribution >= 0.6 is 11.8 Å². The number of nitrogens with one attached hydrogen (secondary N) is 2. The fraction of sp³-hybridized carbons (Fsp3) is 0.900. The monoisotopic (exact) mass is 244 g/mol. The SMILES string of the molecule is CCCCC[C@@H]1SC[C@]2(N)NC(=O)N[C@]12N. The molecular weight excluding hydrogens is 224 g/mol. The Hall–Kier alpha value is -0.460. The van der Waals surface area contributed by atoms with Crippen LogP contribution in [0.15, 0.2) is 0 Å². The number of urea groups is 1. The largest absolute Gasteiger partial charge is 0.317 e. The van der Waals surface area contributed by atoms with E-state index in [0.29, 0.717) is 5.75 Å². The Morgan fingerprint density at radius 1 is 1.44 bits per heavy atom. The Morgan fingerprint density at radius 3 is 2.88 bits per heavy atom. The third-order valence-corrected chi connectivity index (χ3v) is 5.12. The van der Waals surface area contributed by atoms with Gasteiger partial charge in [0.1, 0.15) is 11.3 Å². The Bertz CT molecular complexity index is 301. The van der Waals surface area contributed by atoms with Gasteiger partial charge < -0.3 is 22.1 Å². The summed E-state index contributed by atoms with van der Waals surface area (Å²) in [6.07, 6.45) is 4.54. The second kappa shape index (κ2) is 4.09. The number of unbranched alkanes of at least 4 members (excludes halogenated alkanes) is 2. The van der Waals surface area contributed by atoms with E-state index in [-0.39, 0.29) is 11.3 Å². The van der Waals surface area contributed by atoms with E-state index >= 15 is 0 Å². The zero-order valence-electron chi connectivity index (χ0n) is 9.58. The van der Waals surface area contributed by atoms with Crippen molar-refractivity contribution in [3.05, 3.63) is 0 Å². The summed E-state index contributed by atoms with van der Waals surface area (Å²) in [5.41, 5.74) is 10.8. The van der Waals surface area contributed by atoms with Crippen molar-refractivity contribution in [2.24, 2.45) is 11.5 Å². The van der Waals surface area contributed by atoms with Crippen molar-refractivity contribution in [1.82, 2.24) is 10.6 Å². The van der Waals surface area contributed by atoms with Gasteiger partial charge in [0.05, 0.1) is 0 Å². The topological polar surface area (TPSA) is 93.2 Å². The summed E-state index contributed by atoms with van der Waals surface area (Å²) in [6, 6.07) is -0.245. The van der Waals surface area contributed by atoms with Gasteiger partial charge in [-0.2, -0.15) is 11.8 Å². The molecule has 0 aliphatic carbocycles. The Balaban J connectivity index is 2.04. The highest BCUT2D eigenvalue weighted by Gasteiger charge is 2.62. The normalized spacial score (nSPS) is 41.7. The van der Waals surface area contributed by atoms with Crippen LogP contribution in [0.2, 0.25) is 0 Å². The van der Waals surface area contributed by atoms with E-state index in [4.69, 9.17) is 11.5 Å². The van der Waals surface area contributed by atoms with E-state index in [0.717, 1.165) is 12.8 Å². The first-order chi connectivity index (χ1) is 7.52. The molecule has 0 unspecified atom stereocenters. The third kappa shape index (κ3) is 1.69. The quantitative estimate of drug-likeness (QED) is 0.423. The number of amides is 2. The first kappa shape index (κ1) is 12.0. The van der Waals surface area contributed by atoms with E-state index < -0.39 is 11.3 Å². The molecular formula is C10H20N4OS. The summed E-state index contributed by atoms with van der Waals surface area (Å²) in [7, 11) is 0. The highest BCUT2D eigenvalue weighted by Crippen LogP contribution is 2.42. The summed E-state index contributed by atoms with van der Waals surface area (Å²) in [6.45, 7) is 2.17. The molecule has 2 aliphatic heterocycles. The zero-order chi connectivity index (χ0) is 11.8. The molecule has 0 spiro atoms. The molecule has 16 heavy (non-hydrogen) atoms. The van der Waals surface area contributed by atoms with Gasteiger partial charge in [0.2, 0.25) is 0 Å². The van der Waals surface area contributed by atoms with Crippen molar-refractivity contribution in [3.8, 4) is 0 Å². The lowest BCUT2D eigenvalue weighted by Crippen LogP contribution is -2.72. The van der Waals surface area contributed by atoms with Gasteiger partial charge in [0.25, 0.3) is 0 Å². The fourth-order valence-electron chi connectivity index (χ4n) is 2.41. The van der Waals surface area contributed by atoms with Crippen molar-refractivity contribution in [2.45, 2.75) is 49.2 Å². The van der Waals surface area contributed by atoms with Crippen molar-refractivity contribution >= 4 is 17.8 Å². The zero-order valence-corrected chi connectivity index (χ0v) is 10.4. The Labute approximate surface area is 100 Å². The van der Waals surface area contributed by atoms with Gasteiger partial charge in [0.15, 0.2) is 0 Å². The van der Waals surface area contributed by atoms with Gasteiger partial charge in [0, 0.05) is 11.0 Å². The molecule has 2 rings (SSSR count). The lowest BCUT2D eigenvalue weighted by atomic mass is 9.91. The highest BCUT2D eigenvalue weighted by molar-refractivity contribution is 8.00. The van der Waals surface area contributed by atoms with E-state index in [9.17, 15) is 4.79 Å². The van der Waals surface area contributed by atoms with Crippen LogP contribution in [0.1, 0.15) is 32.6 Å². The molecule has 0 radical (unpaired) electrons. The summed E-state index contributed by atoms with van der Waals surface area (Å²) in [5.74, 6) is 0.680. The second-order valence-corrected chi connectivity index (χ2v) is 5.91. The molecule has 0 aromatic rings. The lowest BCUT2D eigenvalue weighted by molar-refractivity contribution is 0.242. The van der Waals surface area contributed by atoms with Crippen LogP contribution in [0.5, 0.6) is 0 Å². The van der Waals surface area contributed by atoms with Gasteiger partial charge in [-0.15, -0.1) is 0 Å². The summed E-state index contributed by atoms with van der Waals surface area (Å²) >= 11 is 1.76. The maximum absolute atomic E-state index is 11.4. The number of carbonyl (C=O) groups excluding carboxylic acids is 1. The van der Waals surface area contributed by atoms with E-state index in [2.05, 4.69) is 17.6 Å². The smallest absolute Gasteiger partial charge is 0.316 e. The van der Waals surface area contributed by atoms with Gasteiger partial charge >= 0.3 is 6.03 Å². The maximum Gasteiger partial charge on any atom is 0.317 e. The number of fused-ring (bicyclic) bond motifs is 1. The predicted molar refractivity (Wildman–Crippen MR) is 65.9 cm³/mol. The van der Waals surface area contributed by atoms with Gasteiger partial charge in [-0.25, -0.2) is 4.79 Å². The standard InChI is InChI=1S/C10H20N4OS/c1-2-3-4-5-7-10(12)9(11,6-16-7)13-8(15)14-10/h7H,2-6,11-12H2,1H3,(H2,13,14,15)/t7-,9-,10+/m0/s1. The van der Waals surface area contributed by atoms with Crippen molar-refractivity contribution < 1.29 is 4.79 Å². The molecule has 2 heterocycles. The van der Waals surface area contributed by atoms with Crippen LogP contribution in [-0.4, -0.2) is 28.4 Å². The molecule has 0 aromatic heterocycles. The average Bonchev–Trinajstić information content (AvgIpc) is 2.55. The van der Waals surface area contributed by atoms with Gasteiger partial charge in [-0.05, 0) is 6.42 Å². The maximum atomic E-state index is 11.4. The van der Waals surface area contributed by atoms with Crippen LogP contribution in [0.3, 0.4) is 0 Å². The minimum Gasteiger partial charge on any atom is -0.316 e. The summed E-state index contributed by atoms with van der Waals surface area (Å²) in [5, 5.41) is 5.74. The molecule has 5 nitrogen and oxygen atoms in total. The Morgan fingerprint density at radius 2 is 2.19 bits per heavy atom. The molecule has 0 saturated carbocycles. The van der Waals surface area contributed by atoms with Crippen LogP contribution in [0, 0.1) is 0 Å². The number of carbonyl (C=O) groups is 1. The first-order valence-corrected chi connectivity index (χ1v) is 6.86. The molecule has 2 fully saturated rings. The van der Waals surface area contributed by atoms with Crippen LogP contribution in [0.4, 0.5) is 4.79 Å². The lowest BCUT2D eigenvalue weighted by Gasteiger charge is -2.35. The second-order valence-electron chi connectivity index (χ2n) is 4.71. The number of rotatable bonds is 4. The average molecular weight is 244 g/mol. The van der Waals surface area contributed by atoms with Crippen molar-refractivity contribution in [3.63, 3.8) is 0 Å². The van der Waals surface area contributed by atoms with Crippen LogP contribution < -0.4 is 22.1 Å². The molecule has 6 heteroatoms. The van der Waals surface area contributed by atoms with Crippen molar-refractivity contribution in [1.29, 1.82) is 0 Å². The molecule has 6 N–H and O–H groups in total. The summed E-state index contributed by atoms with van der Waals surface area (Å²) < 4.78 is 0. The predicted octanol–water partition coefficient (Wildman–Crippen LogP) is 0.305. The van der Waals surface area contributed by atoms with Crippen molar-refractivity contribution in [2.75, 3.05) is 5.75 Å². The number of thioether (sulfide) groups is 1. The summed E-state index contributed by atoms with van der Waals surface area (Å²) in [4.78, 5) is 11.4. The minimum absolute atomic E-state index is 0.211. The van der Waals surface area contributed by atoms with E-state index in [1.165, 1.54) is 12.8 Å². The highest BCUT2D eigenvalue weighted by atomic mass is 32.2. The molecule has 2 amide bonds. The molecule has 0 aromatic carbocycles. The van der Waals surface area contributed by atoms with Gasteiger partial charge in [-0.3, -0.25) is 0 Å². The fourth-order valence-corrected chi connectivity index (χ4v) is 4.05.